The van der Waals surface area contributed by atoms with Gasteiger partial charge >= 0.3 is 5.97 Å². The van der Waals surface area contributed by atoms with Gasteiger partial charge in [-0.1, -0.05) is 0 Å². The maximum Gasteiger partial charge on any atom is 0.323 e. The Bertz CT molecular complexity index is 831. The molecule has 3 aliphatic heterocycles. The fourth-order valence-electron chi connectivity index (χ4n) is 4.74. The Balaban J connectivity index is 1.80. The van der Waals surface area contributed by atoms with Gasteiger partial charge in [0, 0.05) is 32.7 Å². The van der Waals surface area contributed by atoms with Gasteiger partial charge in [0.2, 0.25) is 11.8 Å². The number of morpholine rings is 1. The summed E-state index contributed by atoms with van der Waals surface area (Å²) in [4.78, 5) is 41.2. The highest BCUT2D eigenvalue weighted by Gasteiger charge is 2.61. The van der Waals surface area contributed by atoms with Crippen molar-refractivity contribution in [3.05, 3.63) is 11.3 Å². The summed E-state index contributed by atoms with van der Waals surface area (Å²) in [6, 6.07) is -1.36. The van der Waals surface area contributed by atoms with E-state index in [2.05, 4.69) is 15.3 Å². The van der Waals surface area contributed by atoms with Crippen LogP contribution in [0.5, 0.6) is 0 Å². The van der Waals surface area contributed by atoms with Crippen molar-refractivity contribution in [2.24, 2.45) is 18.9 Å². The van der Waals surface area contributed by atoms with Gasteiger partial charge in [0.05, 0.1) is 43.9 Å². The Morgan fingerprint density at radius 3 is 2.46 bits per heavy atom. The predicted molar refractivity (Wildman–Crippen MR) is 97.4 cm³/mol. The van der Waals surface area contributed by atoms with Crippen LogP contribution in [0, 0.1) is 18.8 Å². The number of carbonyl (C=O) groups is 3. The molecule has 1 aromatic heterocycles. The number of methoxy groups -OCH3 is 1. The normalized spacial score (nSPS) is 30.1. The minimum absolute atomic E-state index is 0.282. The molecule has 4 atom stereocenters. The van der Waals surface area contributed by atoms with Crippen molar-refractivity contribution in [1.82, 2.24) is 20.0 Å². The summed E-state index contributed by atoms with van der Waals surface area (Å²) in [6.45, 7) is 4.52. The molecule has 1 N–H and O–H groups in total. The third kappa shape index (κ3) is 2.62. The number of anilines is 1. The van der Waals surface area contributed by atoms with Crippen LogP contribution < -0.4 is 10.2 Å². The second-order valence-electron chi connectivity index (χ2n) is 7.48. The van der Waals surface area contributed by atoms with E-state index >= 15 is 0 Å². The summed E-state index contributed by atoms with van der Waals surface area (Å²) in [5, 5.41) is 7.79. The molecule has 4 rings (SSSR count). The lowest BCUT2D eigenvalue weighted by molar-refractivity contribution is -0.147. The first-order valence-electron chi connectivity index (χ1n) is 9.38. The number of carbonyl (C=O) groups excluding carboxylic acids is 3. The topological polar surface area (TPSA) is 106 Å². The molecule has 2 amide bonds. The van der Waals surface area contributed by atoms with Gasteiger partial charge in [-0.15, -0.1) is 0 Å². The van der Waals surface area contributed by atoms with E-state index in [1.807, 2.05) is 14.0 Å². The van der Waals surface area contributed by atoms with Crippen LogP contribution in [0.1, 0.15) is 17.3 Å². The van der Waals surface area contributed by atoms with E-state index in [1.54, 1.807) is 4.68 Å². The van der Waals surface area contributed by atoms with E-state index in [1.165, 1.54) is 14.2 Å². The van der Waals surface area contributed by atoms with Crippen molar-refractivity contribution in [3.63, 3.8) is 0 Å². The molecule has 0 saturated carbocycles. The van der Waals surface area contributed by atoms with Crippen LogP contribution >= 0.6 is 0 Å². The fourth-order valence-corrected chi connectivity index (χ4v) is 4.74. The first-order valence-corrected chi connectivity index (χ1v) is 9.38. The standard InChI is InChI=1S/C18H25N5O5/c1-9-10(15(22(3)20-9)23-5-7-28-8-6-23)13-11-12(14(19-13)18(26)27-4)17(25)21(2)16(11)24/h11-14,19H,5-8H2,1-4H3/t11-,12+,13-,14-/m1/s1. The van der Waals surface area contributed by atoms with Gasteiger partial charge in [0.1, 0.15) is 11.9 Å². The molecule has 0 bridgehead atoms. The summed E-state index contributed by atoms with van der Waals surface area (Å²) in [6.07, 6.45) is 0. The van der Waals surface area contributed by atoms with Gasteiger partial charge in [-0.05, 0) is 6.92 Å². The van der Waals surface area contributed by atoms with Crippen molar-refractivity contribution in [1.29, 1.82) is 0 Å². The van der Waals surface area contributed by atoms with E-state index in [0.29, 0.717) is 26.3 Å². The molecule has 0 unspecified atom stereocenters. The van der Waals surface area contributed by atoms with E-state index in [4.69, 9.17) is 9.47 Å². The van der Waals surface area contributed by atoms with E-state index in [0.717, 1.165) is 22.0 Å². The Morgan fingerprint density at radius 2 is 1.82 bits per heavy atom. The molecule has 0 radical (unpaired) electrons. The Kier molecular flexibility index (Phi) is 4.62. The molecule has 3 aliphatic rings. The Labute approximate surface area is 162 Å². The zero-order chi connectivity index (χ0) is 20.2. The molecule has 4 heterocycles. The molecule has 0 aliphatic carbocycles. The number of amides is 2. The number of aromatic nitrogens is 2. The van der Waals surface area contributed by atoms with Gasteiger partial charge in [-0.2, -0.15) is 5.10 Å². The number of rotatable bonds is 3. The van der Waals surface area contributed by atoms with Crippen LogP contribution in [0.4, 0.5) is 5.82 Å². The van der Waals surface area contributed by atoms with E-state index in [-0.39, 0.29) is 11.8 Å². The quantitative estimate of drug-likeness (QED) is 0.516. The molecular formula is C18H25N5O5. The summed E-state index contributed by atoms with van der Waals surface area (Å²) in [7, 11) is 4.61. The number of hydrogen-bond acceptors (Lipinski definition) is 8. The molecule has 3 saturated heterocycles. The number of hydrogen-bond donors (Lipinski definition) is 1. The van der Waals surface area contributed by atoms with E-state index < -0.39 is 29.9 Å². The fraction of sp³-hybridized carbons (Fsp3) is 0.667. The predicted octanol–water partition coefficient (Wildman–Crippen LogP) is -1.02. The summed E-state index contributed by atoms with van der Waals surface area (Å²) in [5.74, 6) is -1.72. The lowest BCUT2D eigenvalue weighted by Crippen LogP contribution is -2.43. The van der Waals surface area contributed by atoms with Gasteiger partial charge in [-0.25, -0.2) is 0 Å². The zero-order valence-electron chi connectivity index (χ0n) is 16.5. The van der Waals surface area contributed by atoms with Gasteiger partial charge < -0.3 is 14.4 Å². The lowest BCUT2D eigenvalue weighted by Gasteiger charge is -2.31. The first-order chi connectivity index (χ1) is 13.4. The average Bonchev–Trinajstić information content (AvgIpc) is 3.29. The summed E-state index contributed by atoms with van der Waals surface area (Å²) >= 11 is 0. The largest absolute Gasteiger partial charge is 0.468 e. The van der Waals surface area contributed by atoms with Crippen LogP contribution in [0.15, 0.2) is 0 Å². The molecule has 3 fully saturated rings. The second kappa shape index (κ2) is 6.85. The number of fused-ring (bicyclic) bond motifs is 1. The third-order valence-electron chi connectivity index (χ3n) is 6.01. The van der Waals surface area contributed by atoms with Crippen LogP contribution in [0.25, 0.3) is 0 Å². The maximum atomic E-state index is 12.9. The van der Waals surface area contributed by atoms with Crippen LogP contribution in [0.3, 0.4) is 0 Å². The SMILES string of the molecule is COC(=O)[C@@H]1N[C@H](c2c(C)nn(C)c2N2CCOCC2)[C@@H]2C(=O)N(C)C(=O)[C@@H]21. The second-order valence-corrected chi connectivity index (χ2v) is 7.48. The Hall–Kier alpha value is -2.46. The highest BCUT2D eigenvalue weighted by Crippen LogP contribution is 2.46. The number of nitrogens with zero attached hydrogens (tertiary/aromatic N) is 4. The summed E-state index contributed by atoms with van der Waals surface area (Å²) < 4.78 is 12.1. The first kappa shape index (κ1) is 18.9. The molecule has 10 heteroatoms. The van der Waals surface area contributed by atoms with Crippen molar-refractivity contribution in [2.45, 2.75) is 19.0 Å². The minimum Gasteiger partial charge on any atom is -0.468 e. The van der Waals surface area contributed by atoms with E-state index in [9.17, 15) is 14.4 Å². The molecule has 10 nitrogen and oxygen atoms in total. The highest BCUT2D eigenvalue weighted by molar-refractivity contribution is 6.08. The average molecular weight is 391 g/mol. The third-order valence-corrected chi connectivity index (χ3v) is 6.01. The number of ether oxygens (including phenoxy) is 2. The van der Waals surface area contributed by atoms with Crippen LogP contribution in [0.2, 0.25) is 0 Å². The molecule has 0 spiro atoms. The smallest absolute Gasteiger partial charge is 0.323 e. The van der Waals surface area contributed by atoms with Crippen molar-refractivity contribution in [3.8, 4) is 0 Å². The zero-order valence-corrected chi connectivity index (χ0v) is 16.5. The molecule has 0 aromatic carbocycles. The highest BCUT2D eigenvalue weighted by atomic mass is 16.5. The lowest BCUT2D eigenvalue weighted by atomic mass is 9.86. The maximum absolute atomic E-state index is 12.9. The summed E-state index contributed by atoms with van der Waals surface area (Å²) in [5.41, 5.74) is 1.61. The van der Waals surface area contributed by atoms with Gasteiger partial charge in [0.15, 0.2) is 0 Å². The number of nitrogens with one attached hydrogen (secondary N) is 1. The number of esters is 1. The van der Waals surface area contributed by atoms with Crippen molar-refractivity contribution >= 4 is 23.6 Å². The number of likely N-dealkylation sites (tertiary alicyclic amines) is 1. The molecule has 1 aromatic rings. The van der Waals surface area contributed by atoms with Gasteiger partial charge in [0.25, 0.3) is 0 Å². The molecule has 28 heavy (non-hydrogen) atoms. The monoisotopic (exact) mass is 391 g/mol. The van der Waals surface area contributed by atoms with Crippen LogP contribution in [-0.4, -0.2) is 79.0 Å². The van der Waals surface area contributed by atoms with Crippen molar-refractivity contribution in [2.75, 3.05) is 45.4 Å². The Morgan fingerprint density at radius 1 is 1.18 bits per heavy atom. The van der Waals surface area contributed by atoms with Crippen LogP contribution in [-0.2, 0) is 30.9 Å². The van der Waals surface area contributed by atoms with Crippen molar-refractivity contribution < 1.29 is 23.9 Å². The number of aryl methyl sites for hydroxylation is 2. The number of imide groups is 1. The van der Waals surface area contributed by atoms with Gasteiger partial charge in [-0.3, -0.25) is 29.3 Å². The molecular weight excluding hydrogens is 366 g/mol. The molecule has 152 valence electrons. The minimum atomic E-state index is -0.862.